The molecule has 172 valence electrons. The second-order valence-electron chi connectivity index (χ2n) is 10.1. The fourth-order valence-corrected chi connectivity index (χ4v) is 4.90. The molecule has 2 fully saturated rings. The zero-order chi connectivity index (χ0) is 22.9. The third kappa shape index (κ3) is 4.60. The van der Waals surface area contributed by atoms with E-state index < -0.39 is 0 Å². The van der Waals surface area contributed by atoms with Crippen LogP contribution in [-0.4, -0.2) is 36.3 Å². The lowest BCUT2D eigenvalue weighted by molar-refractivity contribution is -0.000760. The first-order chi connectivity index (χ1) is 15.9. The minimum atomic E-state index is -0.0627. The zero-order valence-electron chi connectivity index (χ0n) is 19.9. The Morgan fingerprint density at radius 3 is 2.24 bits per heavy atom. The summed E-state index contributed by atoms with van der Waals surface area (Å²) in [5.74, 6) is 1.66. The van der Waals surface area contributed by atoms with Crippen LogP contribution < -0.4 is 9.64 Å². The number of hydrogen-bond acceptors (Lipinski definition) is 5. The van der Waals surface area contributed by atoms with Gasteiger partial charge in [-0.1, -0.05) is 55.8 Å². The predicted octanol–water partition coefficient (Wildman–Crippen LogP) is 5.31. The highest BCUT2D eigenvalue weighted by atomic mass is 16.5. The van der Waals surface area contributed by atoms with Crippen molar-refractivity contribution in [2.75, 3.05) is 31.2 Å². The van der Waals surface area contributed by atoms with Crippen LogP contribution in [0.25, 0.3) is 0 Å². The van der Waals surface area contributed by atoms with Crippen molar-refractivity contribution in [3.63, 3.8) is 0 Å². The summed E-state index contributed by atoms with van der Waals surface area (Å²) in [6, 6.07) is 19.1. The maximum atomic E-state index is 6.05. The molecule has 2 saturated heterocycles. The maximum absolute atomic E-state index is 6.05. The summed E-state index contributed by atoms with van der Waals surface area (Å²) >= 11 is 0. The molecule has 33 heavy (non-hydrogen) atoms. The first-order valence-corrected chi connectivity index (χ1v) is 11.9. The van der Waals surface area contributed by atoms with Crippen molar-refractivity contribution in [3.05, 3.63) is 83.2 Å². The Balaban J connectivity index is 1.20. The van der Waals surface area contributed by atoms with Gasteiger partial charge in [-0.15, -0.1) is 0 Å². The Morgan fingerprint density at radius 2 is 1.58 bits per heavy atom. The van der Waals surface area contributed by atoms with Gasteiger partial charge in [0.25, 0.3) is 0 Å². The topological polar surface area (TPSA) is 47.5 Å². The third-order valence-corrected chi connectivity index (χ3v) is 7.33. The van der Waals surface area contributed by atoms with Crippen LogP contribution in [0.1, 0.15) is 49.1 Å². The molecule has 5 heteroatoms. The number of benzene rings is 2. The van der Waals surface area contributed by atoms with E-state index in [1.165, 1.54) is 16.7 Å². The molecule has 3 aromatic rings. The SMILES string of the molecule is Cc1ccc(C(C)(C)c2ccc(OCc3ccnc(N4CC5(CCOCC5)C4)n3)cc2)cc1. The second-order valence-corrected chi connectivity index (χ2v) is 10.1. The Kier molecular flexibility index (Phi) is 5.83. The third-order valence-electron chi connectivity index (χ3n) is 7.33. The average molecular weight is 444 g/mol. The predicted molar refractivity (Wildman–Crippen MR) is 131 cm³/mol. The second kappa shape index (κ2) is 8.79. The van der Waals surface area contributed by atoms with Gasteiger partial charge in [0.2, 0.25) is 5.95 Å². The molecule has 0 radical (unpaired) electrons. The van der Waals surface area contributed by atoms with E-state index in [0.717, 1.165) is 56.5 Å². The number of hydrogen-bond donors (Lipinski definition) is 0. The molecular formula is C28H33N3O2. The molecule has 3 heterocycles. The lowest BCUT2D eigenvalue weighted by atomic mass is 9.73. The van der Waals surface area contributed by atoms with Crippen molar-refractivity contribution in [3.8, 4) is 5.75 Å². The van der Waals surface area contributed by atoms with Crippen molar-refractivity contribution in [1.82, 2.24) is 9.97 Å². The molecule has 0 bridgehead atoms. The number of aryl methyl sites for hydroxylation is 1. The monoisotopic (exact) mass is 443 g/mol. The van der Waals surface area contributed by atoms with Gasteiger partial charge in [-0.25, -0.2) is 9.97 Å². The van der Waals surface area contributed by atoms with Gasteiger partial charge in [-0.05, 0) is 49.1 Å². The Hall–Kier alpha value is -2.92. The van der Waals surface area contributed by atoms with Gasteiger partial charge < -0.3 is 14.4 Å². The molecule has 0 atom stereocenters. The van der Waals surface area contributed by atoms with E-state index in [1.54, 1.807) is 0 Å². The van der Waals surface area contributed by atoms with E-state index in [1.807, 2.05) is 12.3 Å². The highest BCUT2D eigenvalue weighted by Gasteiger charge is 2.44. The fourth-order valence-electron chi connectivity index (χ4n) is 4.90. The summed E-state index contributed by atoms with van der Waals surface area (Å²) in [5.41, 5.74) is 5.10. The van der Waals surface area contributed by atoms with Crippen LogP contribution in [0.3, 0.4) is 0 Å². The van der Waals surface area contributed by atoms with Crippen LogP contribution in [0.5, 0.6) is 5.75 Å². The van der Waals surface area contributed by atoms with Crippen LogP contribution >= 0.6 is 0 Å². The Labute approximate surface area is 196 Å². The summed E-state index contributed by atoms with van der Waals surface area (Å²) < 4.78 is 11.6. The molecule has 1 spiro atoms. The summed E-state index contributed by atoms with van der Waals surface area (Å²) in [6.45, 7) is 10.9. The van der Waals surface area contributed by atoms with E-state index >= 15 is 0 Å². The first kappa shape index (κ1) is 21.9. The van der Waals surface area contributed by atoms with E-state index in [4.69, 9.17) is 14.5 Å². The highest BCUT2D eigenvalue weighted by molar-refractivity contribution is 5.41. The van der Waals surface area contributed by atoms with Gasteiger partial charge in [0.1, 0.15) is 12.4 Å². The molecule has 0 unspecified atom stereocenters. The number of aromatic nitrogens is 2. The van der Waals surface area contributed by atoms with Crippen LogP contribution in [0.2, 0.25) is 0 Å². The number of nitrogens with zero attached hydrogens (tertiary/aromatic N) is 3. The number of ether oxygens (including phenoxy) is 2. The van der Waals surface area contributed by atoms with Crippen LogP contribution in [0, 0.1) is 12.3 Å². The van der Waals surface area contributed by atoms with Gasteiger partial charge in [0.05, 0.1) is 5.69 Å². The molecular weight excluding hydrogens is 410 g/mol. The lowest BCUT2D eigenvalue weighted by Crippen LogP contribution is -2.59. The Morgan fingerprint density at radius 1 is 0.939 bits per heavy atom. The smallest absolute Gasteiger partial charge is 0.225 e. The maximum Gasteiger partial charge on any atom is 0.225 e. The normalized spacial score (nSPS) is 17.6. The lowest BCUT2D eigenvalue weighted by Gasteiger charge is -2.52. The molecule has 2 aliphatic rings. The molecule has 2 aliphatic heterocycles. The molecule has 1 aromatic heterocycles. The van der Waals surface area contributed by atoms with Crippen molar-refractivity contribution in [1.29, 1.82) is 0 Å². The summed E-state index contributed by atoms with van der Waals surface area (Å²) in [5, 5.41) is 0. The van der Waals surface area contributed by atoms with Crippen molar-refractivity contribution < 1.29 is 9.47 Å². The van der Waals surface area contributed by atoms with E-state index in [-0.39, 0.29) is 5.41 Å². The van der Waals surface area contributed by atoms with Crippen LogP contribution in [0.4, 0.5) is 5.95 Å². The summed E-state index contributed by atoms with van der Waals surface area (Å²) in [4.78, 5) is 11.5. The molecule has 5 nitrogen and oxygen atoms in total. The van der Waals surface area contributed by atoms with Gasteiger partial charge >= 0.3 is 0 Å². The zero-order valence-corrected chi connectivity index (χ0v) is 19.9. The minimum Gasteiger partial charge on any atom is -0.487 e. The summed E-state index contributed by atoms with van der Waals surface area (Å²) in [6.07, 6.45) is 4.12. The average Bonchev–Trinajstić information content (AvgIpc) is 2.82. The largest absolute Gasteiger partial charge is 0.487 e. The van der Waals surface area contributed by atoms with Crippen molar-refractivity contribution in [2.24, 2.45) is 5.41 Å². The quantitative estimate of drug-likeness (QED) is 0.517. The molecule has 0 aliphatic carbocycles. The standard InChI is InChI=1S/C28H33N3O2/c1-21-4-6-22(7-5-21)27(2,3)23-8-10-25(11-9-23)33-18-24-12-15-29-26(30-24)31-19-28(20-31)13-16-32-17-14-28/h4-12,15H,13-14,16-20H2,1-3H3. The molecule has 0 saturated carbocycles. The van der Waals surface area contributed by atoms with E-state index in [0.29, 0.717) is 12.0 Å². The molecule has 0 N–H and O–H groups in total. The van der Waals surface area contributed by atoms with Crippen molar-refractivity contribution >= 4 is 5.95 Å². The fraction of sp³-hybridized carbons (Fsp3) is 0.429. The number of anilines is 1. The van der Waals surface area contributed by atoms with Gasteiger partial charge in [-0.2, -0.15) is 0 Å². The first-order valence-electron chi connectivity index (χ1n) is 11.9. The van der Waals surface area contributed by atoms with Gasteiger partial charge in [0, 0.05) is 43.3 Å². The number of rotatable bonds is 6. The summed E-state index contributed by atoms with van der Waals surface area (Å²) in [7, 11) is 0. The minimum absolute atomic E-state index is 0.0627. The van der Waals surface area contributed by atoms with Gasteiger partial charge in [-0.3, -0.25) is 0 Å². The highest BCUT2D eigenvalue weighted by Crippen LogP contribution is 2.41. The van der Waals surface area contributed by atoms with Crippen LogP contribution in [-0.2, 0) is 16.8 Å². The van der Waals surface area contributed by atoms with Gasteiger partial charge in [0.15, 0.2) is 0 Å². The molecule has 5 rings (SSSR count). The van der Waals surface area contributed by atoms with Crippen LogP contribution in [0.15, 0.2) is 60.8 Å². The van der Waals surface area contributed by atoms with E-state index in [9.17, 15) is 0 Å². The van der Waals surface area contributed by atoms with Crippen molar-refractivity contribution in [2.45, 2.75) is 45.6 Å². The molecule has 0 amide bonds. The Bertz CT molecular complexity index is 1080. The molecule has 2 aromatic carbocycles. The van der Waals surface area contributed by atoms with E-state index in [2.05, 4.69) is 79.2 Å².